The van der Waals surface area contributed by atoms with Crippen LogP contribution in [-0.2, 0) is 14.8 Å². The molecule has 1 aliphatic heterocycles. The molecule has 35 heavy (non-hydrogen) atoms. The van der Waals surface area contributed by atoms with E-state index < -0.39 is 15.9 Å². The third-order valence-electron chi connectivity index (χ3n) is 5.57. The third kappa shape index (κ3) is 5.83. The minimum absolute atomic E-state index is 0.0713. The Morgan fingerprint density at radius 2 is 1.54 bits per heavy atom. The molecule has 1 N–H and O–H groups in total. The summed E-state index contributed by atoms with van der Waals surface area (Å²) in [6.07, 6.45) is 2.99. The average Bonchev–Trinajstić information content (AvgIpc) is 2.89. The van der Waals surface area contributed by atoms with E-state index in [0.717, 1.165) is 17.5 Å². The Morgan fingerprint density at radius 3 is 2.17 bits per heavy atom. The van der Waals surface area contributed by atoms with Crippen molar-refractivity contribution >= 4 is 33.4 Å². The molecule has 7 nitrogen and oxygen atoms in total. The number of nitrogens with one attached hydrogen (secondary N) is 1. The molecule has 8 heteroatoms. The van der Waals surface area contributed by atoms with Gasteiger partial charge in [-0.25, -0.2) is 13.8 Å². The fraction of sp³-hybridized carbons (Fsp3) is 0.148. The Labute approximate surface area is 205 Å². The number of nitrogens with zero attached hydrogens (tertiary/aromatic N) is 3. The molecule has 1 fully saturated rings. The molecule has 3 aromatic rings. The molecule has 0 bridgehead atoms. The Hall–Kier alpha value is -4.22. The summed E-state index contributed by atoms with van der Waals surface area (Å²) in [7, 11) is -3.31. The predicted octanol–water partition coefficient (Wildman–Crippen LogP) is 4.09. The molecule has 0 saturated carbocycles. The van der Waals surface area contributed by atoms with Gasteiger partial charge in [0.25, 0.3) is 5.91 Å². The predicted molar refractivity (Wildman–Crippen MR) is 137 cm³/mol. The quantitative estimate of drug-likeness (QED) is 0.246. The van der Waals surface area contributed by atoms with Gasteiger partial charge in [0.05, 0.1) is 17.2 Å². The SMILES string of the molecule is N#C/C(=C\c1ccccc1)C(=O)N/N=C(/c1ccccc1)c1ccc(N2CCCCS2(=O)=O)cc1. The molecule has 0 unspecified atom stereocenters. The largest absolute Gasteiger partial charge is 0.282 e. The van der Waals surface area contributed by atoms with Crippen LogP contribution in [-0.4, -0.2) is 32.3 Å². The molecule has 3 aromatic carbocycles. The maximum absolute atomic E-state index is 12.7. The lowest BCUT2D eigenvalue weighted by Gasteiger charge is -2.28. The number of carbonyl (C=O) groups excluding carboxylic acids is 1. The lowest BCUT2D eigenvalue weighted by Crippen LogP contribution is -2.37. The van der Waals surface area contributed by atoms with E-state index in [1.54, 1.807) is 36.4 Å². The van der Waals surface area contributed by atoms with E-state index in [-0.39, 0.29) is 11.3 Å². The van der Waals surface area contributed by atoms with Gasteiger partial charge >= 0.3 is 0 Å². The van der Waals surface area contributed by atoms with Crippen LogP contribution in [0.2, 0.25) is 0 Å². The Balaban J connectivity index is 1.62. The highest BCUT2D eigenvalue weighted by molar-refractivity contribution is 7.92. The first-order chi connectivity index (χ1) is 17.0. The summed E-state index contributed by atoms with van der Waals surface area (Å²) < 4.78 is 26.3. The van der Waals surface area contributed by atoms with Crippen LogP contribution in [0.5, 0.6) is 0 Å². The van der Waals surface area contributed by atoms with Gasteiger partial charge in [-0.2, -0.15) is 10.4 Å². The second-order valence-corrected chi connectivity index (χ2v) is 10.0. The van der Waals surface area contributed by atoms with Crippen molar-refractivity contribution < 1.29 is 13.2 Å². The molecule has 0 aromatic heterocycles. The van der Waals surface area contributed by atoms with E-state index in [0.29, 0.717) is 29.9 Å². The van der Waals surface area contributed by atoms with Crippen LogP contribution in [0.1, 0.15) is 29.5 Å². The molecule has 4 rings (SSSR count). The molecule has 0 atom stereocenters. The van der Waals surface area contributed by atoms with E-state index in [4.69, 9.17) is 0 Å². The molecule has 1 saturated heterocycles. The van der Waals surface area contributed by atoms with Gasteiger partial charge in [0.1, 0.15) is 11.6 Å². The number of hydrogen-bond acceptors (Lipinski definition) is 5. The van der Waals surface area contributed by atoms with Crippen LogP contribution >= 0.6 is 0 Å². The van der Waals surface area contributed by atoms with Gasteiger partial charge in [-0.3, -0.25) is 9.10 Å². The summed E-state index contributed by atoms with van der Waals surface area (Å²) in [5.74, 6) is -0.476. The van der Waals surface area contributed by atoms with Crippen molar-refractivity contribution in [3.8, 4) is 6.07 Å². The van der Waals surface area contributed by atoms with Crippen LogP contribution in [0.3, 0.4) is 0 Å². The minimum atomic E-state index is -3.31. The second kappa shape index (κ2) is 10.8. The van der Waals surface area contributed by atoms with Gasteiger partial charge in [0.2, 0.25) is 10.0 Å². The molecule has 0 radical (unpaired) electrons. The highest BCUT2D eigenvalue weighted by atomic mass is 32.2. The lowest BCUT2D eigenvalue weighted by molar-refractivity contribution is -0.117. The number of rotatable bonds is 6. The standard InChI is InChI=1S/C27H24N4O3S/c28-20-24(19-21-9-3-1-4-10-21)27(32)30-29-26(22-11-5-2-6-12-22)23-13-15-25(16-14-23)31-17-7-8-18-35(31,33)34/h1-6,9-16,19H,7-8,17-18H2,(H,30,32)/b24-19+,29-26-. The summed E-state index contributed by atoms with van der Waals surface area (Å²) in [5.41, 5.74) is 5.70. The van der Waals surface area contributed by atoms with Gasteiger partial charge in [0, 0.05) is 17.7 Å². The van der Waals surface area contributed by atoms with Crippen LogP contribution in [0.4, 0.5) is 5.69 Å². The van der Waals surface area contributed by atoms with Crippen molar-refractivity contribution in [1.82, 2.24) is 5.43 Å². The number of carbonyl (C=O) groups is 1. The maximum atomic E-state index is 12.7. The normalized spacial score (nSPS) is 15.8. The summed E-state index contributed by atoms with van der Waals surface area (Å²) in [6, 6.07) is 27.4. The van der Waals surface area contributed by atoms with Crippen LogP contribution < -0.4 is 9.73 Å². The summed E-state index contributed by atoms with van der Waals surface area (Å²) in [5, 5.41) is 13.8. The first-order valence-corrected chi connectivity index (χ1v) is 12.8. The van der Waals surface area contributed by atoms with Crippen molar-refractivity contribution in [2.45, 2.75) is 12.8 Å². The molecule has 176 valence electrons. The van der Waals surface area contributed by atoms with Gasteiger partial charge < -0.3 is 0 Å². The Kier molecular flexibility index (Phi) is 7.38. The first-order valence-electron chi connectivity index (χ1n) is 11.2. The second-order valence-electron chi connectivity index (χ2n) is 7.99. The van der Waals surface area contributed by atoms with Crippen molar-refractivity contribution in [2.75, 3.05) is 16.6 Å². The minimum Gasteiger partial charge on any atom is -0.270 e. The summed E-state index contributed by atoms with van der Waals surface area (Å²) in [4.78, 5) is 12.7. The Bertz CT molecular complexity index is 1390. The molecular weight excluding hydrogens is 460 g/mol. The number of hydrazone groups is 1. The van der Waals surface area contributed by atoms with Crippen molar-refractivity contribution in [3.63, 3.8) is 0 Å². The highest BCUT2D eigenvalue weighted by Crippen LogP contribution is 2.24. The van der Waals surface area contributed by atoms with Crippen molar-refractivity contribution in [1.29, 1.82) is 5.26 Å². The third-order valence-corrected chi connectivity index (χ3v) is 7.44. The van der Waals surface area contributed by atoms with Gasteiger partial charge in [0.15, 0.2) is 0 Å². The molecule has 1 amide bonds. The number of amides is 1. The van der Waals surface area contributed by atoms with E-state index in [1.165, 1.54) is 10.4 Å². The van der Waals surface area contributed by atoms with Gasteiger partial charge in [-0.05, 0) is 36.6 Å². The van der Waals surface area contributed by atoms with Crippen LogP contribution in [0.15, 0.2) is 95.6 Å². The van der Waals surface area contributed by atoms with E-state index in [1.807, 2.05) is 54.6 Å². The molecule has 1 aliphatic rings. The smallest absolute Gasteiger partial charge is 0.270 e. The van der Waals surface area contributed by atoms with Crippen molar-refractivity contribution in [3.05, 3.63) is 107 Å². The first kappa shape index (κ1) is 23.9. The summed E-state index contributed by atoms with van der Waals surface area (Å²) in [6.45, 7) is 0.460. The van der Waals surface area contributed by atoms with Crippen molar-refractivity contribution in [2.24, 2.45) is 5.10 Å². The molecular formula is C27H24N4O3S. The highest BCUT2D eigenvalue weighted by Gasteiger charge is 2.26. The molecule has 1 heterocycles. The summed E-state index contributed by atoms with van der Waals surface area (Å²) >= 11 is 0. The van der Waals surface area contributed by atoms with E-state index in [9.17, 15) is 18.5 Å². The number of sulfonamides is 1. The Morgan fingerprint density at radius 1 is 0.914 bits per heavy atom. The zero-order valence-electron chi connectivity index (χ0n) is 19.0. The average molecular weight is 485 g/mol. The topological polar surface area (TPSA) is 103 Å². The fourth-order valence-electron chi connectivity index (χ4n) is 3.79. The zero-order valence-corrected chi connectivity index (χ0v) is 19.8. The van der Waals surface area contributed by atoms with Crippen LogP contribution in [0, 0.1) is 11.3 Å². The molecule has 0 aliphatic carbocycles. The zero-order chi connectivity index (χ0) is 24.7. The van der Waals surface area contributed by atoms with Gasteiger partial charge in [-0.15, -0.1) is 0 Å². The monoisotopic (exact) mass is 484 g/mol. The number of nitriles is 1. The van der Waals surface area contributed by atoms with E-state index in [2.05, 4.69) is 10.5 Å². The van der Waals surface area contributed by atoms with Crippen LogP contribution in [0.25, 0.3) is 6.08 Å². The lowest BCUT2D eigenvalue weighted by atomic mass is 10.0. The number of hydrogen-bond donors (Lipinski definition) is 1. The fourth-order valence-corrected chi connectivity index (χ4v) is 5.43. The molecule has 0 spiro atoms. The number of benzene rings is 3. The van der Waals surface area contributed by atoms with E-state index >= 15 is 0 Å². The maximum Gasteiger partial charge on any atom is 0.282 e. The number of anilines is 1. The van der Waals surface area contributed by atoms with Gasteiger partial charge in [-0.1, -0.05) is 72.8 Å².